The van der Waals surface area contributed by atoms with Gasteiger partial charge in [0.05, 0.1) is 0 Å². The fourth-order valence-electron chi connectivity index (χ4n) is 2.20. The number of rotatable bonds is 6. The molecule has 3 rings (SSSR count). The zero-order valence-electron chi connectivity index (χ0n) is 14.1. The van der Waals surface area contributed by atoms with Crippen LogP contribution in [0.5, 0.6) is 11.6 Å². The van der Waals surface area contributed by atoms with E-state index in [4.69, 9.17) is 4.74 Å². The van der Waals surface area contributed by atoms with Crippen LogP contribution in [0.15, 0.2) is 54.9 Å². The number of nitrogens with one attached hydrogen (secondary N) is 1. The Balaban J connectivity index is 1.60. The van der Waals surface area contributed by atoms with Gasteiger partial charge in [-0.3, -0.25) is 4.79 Å². The predicted molar refractivity (Wildman–Crippen MR) is 93.8 cm³/mol. The minimum absolute atomic E-state index is 0.00347. The highest BCUT2D eigenvalue weighted by molar-refractivity contribution is 5.90. The maximum absolute atomic E-state index is 11.8. The van der Waals surface area contributed by atoms with E-state index >= 15 is 0 Å². The van der Waals surface area contributed by atoms with E-state index in [0.29, 0.717) is 29.8 Å². The SMILES string of the molecule is CC(C)CC(=O)Nc1ccc(Oc2ccc(-n3cccn3)nn2)cc1. The van der Waals surface area contributed by atoms with Crippen molar-refractivity contribution in [2.45, 2.75) is 20.3 Å². The number of ether oxygens (including phenoxy) is 1. The Kier molecular flexibility index (Phi) is 5.03. The molecule has 0 radical (unpaired) electrons. The van der Waals surface area contributed by atoms with E-state index in [1.807, 2.05) is 19.9 Å². The molecule has 1 aromatic carbocycles. The second-order valence-electron chi connectivity index (χ2n) is 5.95. The van der Waals surface area contributed by atoms with Crippen LogP contribution in [-0.4, -0.2) is 25.9 Å². The molecule has 0 aliphatic rings. The van der Waals surface area contributed by atoms with E-state index in [1.54, 1.807) is 53.5 Å². The van der Waals surface area contributed by atoms with Gasteiger partial charge in [-0.05, 0) is 42.3 Å². The molecular formula is C18H19N5O2. The van der Waals surface area contributed by atoms with Crippen LogP contribution in [0.4, 0.5) is 5.69 Å². The second-order valence-corrected chi connectivity index (χ2v) is 5.95. The molecule has 1 amide bonds. The van der Waals surface area contributed by atoms with Crippen LogP contribution >= 0.6 is 0 Å². The molecule has 25 heavy (non-hydrogen) atoms. The Morgan fingerprint density at radius 3 is 2.56 bits per heavy atom. The average molecular weight is 337 g/mol. The fraction of sp³-hybridized carbons (Fsp3) is 0.222. The van der Waals surface area contributed by atoms with Gasteiger partial charge in [-0.25, -0.2) is 4.68 Å². The van der Waals surface area contributed by atoms with E-state index < -0.39 is 0 Å². The number of carbonyl (C=O) groups excluding carboxylic acids is 1. The van der Waals surface area contributed by atoms with Gasteiger partial charge in [0.25, 0.3) is 0 Å². The summed E-state index contributed by atoms with van der Waals surface area (Å²) in [4.78, 5) is 11.8. The maximum Gasteiger partial charge on any atom is 0.238 e. The van der Waals surface area contributed by atoms with Crippen molar-refractivity contribution in [2.75, 3.05) is 5.32 Å². The molecule has 0 aliphatic heterocycles. The number of hydrogen-bond acceptors (Lipinski definition) is 5. The summed E-state index contributed by atoms with van der Waals surface area (Å²) in [6, 6.07) is 12.4. The summed E-state index contributed by atoms with van der Waals surface area (Å²) < 4.78 is 7.28. The Hall–Kier alpha value is -3.22. The zero-order chi connectivity index (χ0) is 17.6. The standard InChI is InChI=1S/C18H19N5O2/c1-13(2)12-17(24)20-14-4-6-15(7-5-14)25-18-9-8-16(21-22-18)23-11-3-10-19-23/h3-11,13H,12H2,1-2H3,(H,20,24). The summed E-state index contributed by atoms with van der Waals surface area (Å²) in [6.07, 6.45) is 3.96. The second kappa shape index (κ2) is 7.57. The molecule has 0 saturated heterocycles. The largest absolute Gasteiger partial charge is 0.438 e. The van der Waals surface area contributed by atoms with Gasteiger partial charge in [-0.2, -0.15) is 5.10 Å². The van der Waals surface area contributed by atoms with Crippen molar-refractivity contribution in [2.24, 2.45) is 5.92 Å². The van der Waals surface area contributed by atoms with E-state index in [9.17, 15) is 4.79 Å². The summed E-state index contributed by atoms with van der Waals surface area (Å²) in [5.41, 5.74) is 0.734. The molecule has 2 heterocycles. The molecule has 0 atom stereocenters. The number of hydrogen-bond donors (Lipinski definition) is 1. The number of nitrogens with zero attached hydrogens (tertiary/aromatic N) is 4. The van der Waals surface area contributed by atoms with Gasteiger partial charge < -0.3 is 10.1 Å². The topological polar surface area (TPSA) is 81.9 Å². The molecular weight excluding hydrogens is 318 g/mol. The first kappa shape index (κ1) is 16.6. The van der Waals surface area contributed by atoms with Crippen molar-refractivity contribution in [3.8, 4) is 17.4 Å². The summed E-state index contributed by atoms with van der Waals surface area (Å²) in [7, 11) is 0. The van der Waals surface area contributed by atoms with Gasteiger partial charge in [-0.1, -0.05) is 13.8 Å². The third-order valence-electron chi connectivity index (χ3n) is 3.32. The number of amides is 1. The fourth-order valence-corrected chi connectivity index (χ4v) is 2.20. The number of benzene rings is 1. The van der Waals surface area contributed by atoms with Gasteiger partial charge >= 0.3 is 0 Å². The number of aromatic nitrogens is 4. The lowest BCUT2D eigenvalue weighted by atomic mass is 10.1. The maximum atomic E-state index is 11.8. The van der Waals surface area contributed by atoms with Gasteiger partial charge in [0.15, 0.2) is 5.82 Å². The summed E-state index contributed by atoms with van der Waals surface area (Å²) >= 11 is 0. The third-order valence-corrected chi connectivity index (χ3v) is 3.32. The lowest BCUT2D eigenvalue weighted by molar-refractivity contribution is -0.116. The quantitative estimate of drug-likeness (QED) is 0.745. The molecule has 3 aromatic rings. The molecule has 7 nitrogen and oxygen atoms in total. The van der Waals surface area contributed by atoms with Crippen LogP contribution in [0.3, 0.4) is 0 Å². The molecule has 1 N–H and O–H groups in total. The summed E-state index contributed by atoms with van der Waals surface area (Å²) in [5, 5.41) is 15.0. The minimum Gasteiger partial charge on any atom is -0.438 e. The van der Waals surface area contributed by atoms with Crippen molar-refractivity contribution in [1.82, 2.24) is 20.0 Å². The molecule has 128 valence electrons. The van der Waals surface area contributed by atoms with Crippen LogP contribution < -0.4 is 10.1 Å². The lowest BCUT2D eigenvalue weighted by Gasteiger charge is -2.08. The van der Waals surface area contributed by atoms with Gasteiger partial charge in [0, 0.05) is 30.6 Å². The zero-order valence-corrected chi connectivity index (χ0v) is 14.1. The lowest BCUT2D eigenvalue weighted by Crippen LogP contribution is -2.13. The molecule has 0 unspecified atom stereocenters. The highest BCUT2D eigenvalue weighted by Crippen LogP contribution is 2.21. The molecule has 0 aliphatic carbocycles. The Labute approximate surface area is 145 Å². The third kappa shape index (κ3) is 4.63. The van der Waals surface area contributed by atoms with Crippen molar-refractivity contribution < 1.29 is 9.53 Å². The first-order valence-corrected chi connectivity index (χ1v) is 8.01. The van der Waals surface area contributed by atoms with Crippen molar-refractivity contribution in [3.63, 3.8) is 0 Å². The summed E-state index contributed by atoms with van der Waals surface area (Å²) in [6.45, 7) is 4.02. The highest BCUT2D eigenvalue weighted by atomic mass is 16.5. The predicted octanol–water partition coefficient (Wildman–Crippen LogP) is 3.44. The number of anilines is 1. The molecule has 2 aromatic heterocycles. The van der Waals surface area contributed by atoms with Crippen molar-refractivity contribution in [3.05, 3.63) is 54.9 Å². The van der Waals surface area contributed by atoms with Crippen LogP contribution in [0.1, 0.15) is 20.3 Å². The number of carbonyl (C=O) groups is 1. The van der Waals surface area contributed by atoms with Crippen LogP contribution in [0, 0.1) is 5.92 Å². The monoisotopic (exact) mass is 337 g/mol. The Morgan fingerprint density at radius 2 is 1.96 bits per heavy atom. The first-order valence-electron chi connectivity index (χ1n) is 8.01. The van der Waals surface area contributed by atoms with Gasteiger partial charge in [-0.15, -0.1) is 10.2 Å². The van der Waals surface area contributed by atoms with E-state index in [1.165, 1.54) is 0 Å². The van der Waals surface area contributed by atoms with Gasteiger partial charge in [0.1, 0.15) is 5.75 Å². The Bertz CT molecular complexity index is 812. The molecule has 0 saturated carbocycles. The molecule has 7 heteroatoms. The van der Waals surface area contributed by atoms with Crippen molar-refractivity contribution >= 4 is 11.6 Å². The molecule has 0 fully saturated rings. The highest BCUT2D eigenvalue weighted by Gasteiger charge is 2.06. The van der Waals surface area contributed by atoms with Crippen LogP contribution in [-0.2, 0) is 4.79 Å². The normalized spacial score (nSPS) is 10.7. The first-order chi connectivity index (χ1) is 12.1. The molecule has 0 spiro atoms. The van der Waals surface area contributed by atoms with Gasteiger partial charge in [0.2, 0.25) is 11.8 Å². The Morgan fingerprint density at radius 1 is 1.16 bits per heavy atom. The van der Waals surface area contributed by atoms with E-state index in [2.05, 4.69) is 20.6 Å². The van der Waals surface area contributed by atoms with E-state index in [-0.39, 0.29) is 5.91 Å². The molecule has 0 bridgehead atoms. The summed E-state index contributed by atoms with van der Waals surface area (Å²) in [5.74, 6) is 1.94. The van der Waals surface area contributed by atoms with Crippen LogP contribution in [0.25, 0.3) is 5.82 Å². The van der Waals surface area contributed by atoms with E-state index in [0.717, 1.165) is 5.69 Å². The van der Waals surface area contributed by atoms with Crippen molar-refractivity contribution in [1.29, 1.82) is 0 Å². The van der Waals surface area contributed by atoms with Crippen LogP contribution in [0.2, 0.25) is 0 Å². The average Bonchev–Trinajstić information content (AvgIpc) is 3.11. The smallest absolute Gasteiger partial charge is 0.238 e. The minimum atomic E-state index is 0.00347.